The number of aliphatic hydroxyl groups is 1. The fourth-order valence-electron chi connectivity index (χ4n) is 3.61. The number of likely N-dealkylation sites (tertiary alicyclic amines) is 1. The van der Waals surface area contributed by atoms with Crippen molar-refractivity contribution in [3.63, 3.8) is 0 Å². The fraction of sp³-hybridized carbons (Fsp3) is 0.933. The van der Waals surface area contributed by atoms with Crippen LogP contribution in [0.5, 0.6) is 0 Å². The van der Waals surface area contributed by atoms with E-state index < -0.39 is 0 Å². The number of rotatable bonds is 2. The van der Waals surface area contributed by atoms with Crippen LogP contribution in [0.2, 0.25) is 0 Å². The highest BCUT2D eigenvalue weighted by Gasteiger charge is 2.32. The van der Waals surface area contributed by atoms with Gasteiger partial charge in [0.2, 0.25) is 0 Å². The third-order valence-electron chi connectivity index (χ3n) is 4.87. The van der Waals surface area contributed by atoms with Crippen molar-refractivity contribution in [3.05, 3.63) is 0 Å². The molecule has 18 heavy (non-hydrogen) atoms. The minimum Gasteiger partial charge on any atom is -0.393 e. The summed E-state index contributed by atoms with van der Waals surface area (Å²) in [6.07, 6.45) is 8.07. The quantitative estimate of drug-likeness (QED) is 0.766. The maximum Gasteiger partial charge on any atom is 0.0672 e. The minimum absolute atomic E-state index is 0.173. The molecule has 2 aliphatic rings. The summed E-state index contributed by atoms with van der Waals surface area (Å²) in [5, 5.41) is 19.0. The predicted molar refractivity (Wildman–Crippen MR) is 72.0 cm³/mol. The molecule has 3 unspecified atom stereocenters. The smallest absolute Gasteiger partial charge is 0.0672 e. The van der Waals surface area contributed by atoms with Crippen LogP contribution in [0.3, 0.4) is 0 Å². The number of piperidine rings is 1. The lowest BCUT2D eigenvalue weighted by atomic mass is 9.88. The molecule has 0 aromatic carbocycles. The van der Waals surface area contributed by atoms with Crippen molar-refractivity contribution in [3.8, 4) is 6.07 Å². The maximum absolute atomic E-state index is 9.65. The van der Waals surface area contributed by atoms with Gasteiger partial charge in [0, 0.05) is 6.04 Å². The molecular formula is C15H26N2O. The van der Waals surface area contributed by atoms with Gasteiger partial charge in [0.25, 0.3) is 0 Å². The van der Waals surface area contributed by atoms with Gasteiger partial charge in [-0.15, -0.1) is 0 Å². The van der Waals surface area contributed by atoms with Gasteiger partial charge in [0.1, 0.15) is 0 Å². The van der Waals surface area contributed by atoms with E-state index in [1.165, 1.54) is 25.7 Å². The molecule has 2 fully saturated rings. The van der Waals surface area contributed by atoms with Gasteiger partial charge in [-0.1, -0.05) is 19.3 Å². The van der Waals surface area contributed by atoms with E-state index >= 15 is 0 Å². The lowest BCUT2D eigenvalue weighted by Crippen LogP contribution is -2.46. The second-order valence-electron chi connectivity index (χ2n) is 6.05. The molecule has 1 saturated carbocycles. The van der Waals surface area contributed by atoms with E-state index in [0.29, 0.717) is 12.0 Å². The Morgan fingerprint density at radius 1 is 1.11 bits per heavy atom. The lowest BCUT2D eigenvalue weighted by Gasteiger charge is -2.39. The molecule has 0 aromatic rings. The summed E-state index contributed by atoms with van der Waals surface area (Å²) in [7, 11) is 0. The molecule has 0 radical (unpaired) electrons. The van der Waals surface area contributed by atoms with E-state index in [2.05, 4.69) is 11.0 Å². The van der Waals surface area contributed by atoms with Crippen molar-refractivity contribution in [1.29, 1.82) is 5.26 Å². The molecule has 1 N–H and O–H groups in total. The molecule has 0 bridgehead atoms. The summed E-state index contributed by atoms with van der Waals surface area (Å²) in [6, 6.07) is 3.01. The number of hydrogen-bond acceptors (Lipinski definition) is 3. The Hall–Kier alpha value is -0.590. The van der Waals surface area contributed by atoms with Gasteiger partial charge in [-0.3, -0.25) is 4.90 Å². The summed E-state index contributed by atoms with van der Waals surface area (Å²) in [5.41, 5.74) is 0. The number of nitriles is 1. The van der Waals surface area contributed by atoms with Crippen molar-refractivity contribution in [1.82, 2.24) is 4.90 Å². The summed E-state index contributed by atoms with van der Waals surface area (Å²) in [5.74, 6) is 0.697. The Balaban J connectivity index is 1.92. The monoisotopic (exact) mass is 250 g/mol. The SMILES string of the molecule is CC(O)C1CCN(C2CCCCCC2C#N)CC1. The fourth-order valence-corrected chi connectivity index (χ4v) is 3.61. The van der Waals surface area contributed by atoms with E-state index in [1.807, 2.05) is 6.92 Å². The zero-order valence-electron chi connectivity index (χ0n) is 11.5. The number of aliphatic hydroxyl groups excluding tert-OH is 1. The Morgan fingerprint density at radius 2 is 1.78 bits per heavy atom. The Kier molecular flexibility index (Phi) is 5.03. The third kappa shape index (κ3) is 3.24. The highest BCUT2D eigenvalue weighted by molar-refractivity contribution is 4.95. The summed E-state index contributed by atoms with van der Waals surface area (Å²) in [6.45, 7) is 4.04. The normalized spacial score (nSPS) is 33.6. The zero-order valence-corrected chi connectivity index (χ0v) is 11.5. The molecule has 1 saturated heterocycles. The molecule has 0 spiro atoms. The van der Waals surface area contributed by atoms with Crippen LogP contribution in [-0.4, -0.2) is 35.2 Å². The Labute approximate surface area is 111 Å². The highest BCUT2D eigenvalue weighted by atomic mass is 16.3. The summed E-state index contributed by atoms with van der Waals surface area (Å²) >= 11 is 0. The lowest BCUT2D eigenvalue weighted by molar-refractivity contribution is 0.0458. The first-order valence-corrected chi connectivity index (χ1v) is 7.54. The number of hydrogen-bond donors (Lipinski definition) is 1. The van der Waals surface area contributed by atoms with Crippen LogP contribution in [0.1, 0.15) is 51.9 Å². The van der Waals surface area contributed by atoms with Crippen molar-refractivity contribution < 1.29 is 5.11 Å². The van der Waals surface area contributed by atoms with Crippen LogP contribution in [0.25, 0.3) is 0 Å². The summed E-state index contributed by atoms with van der Waals surface area (Å²) in [4.78, 5) is 2.53. The van der Waals surface area contributed by atoms with E-state index in [-0.39, 0.29) is 12.0 Å². The van der Waals surface area contributed by atoms with E-state index in [0.717, 1.165) is 32.4 Å². The minimum atomic E-state index is -0.173. The van der Waals surface area contributed by atoms with Crippen molar-refractivity contribution in [2.24, 2.45) is 11.8 Å². The van der Waals surface area contributed by atoms with E-state index in [9.17, 15) is 10.4 Å². The van der Waals surface area contributed by atoms with Gasteiger partial charge < -0.3 is 5.11 Å². The summed E-state index contributed by atoms with van der Waals surface area (Å²) < 4.78 is 0. The van der Waals surface area contributed by atoms with Crippen LogP contribution >= 0.6 is 0 Å². The average Bonchev–Trinajstić information content (AvgIpc) is 2.63. The molecule has 0 amide bonds. The molecule has 2 rings (SSSR count). The highest BCUT2D eigenvalue weighted by Crippen LogP contribution is 2.30. The molecule has 0 aromatic heterocycles. The molecule has 1 aliphatic carbocycles. The first-order chi connectivity index (χ1) is 8.72. The first kappa shape index (κ1) is 13.8. The van der Waals surface area contributed by atoms with Crippen LogP contribution in [0.4, 0.5) is 0 Å². The van der Waals surface area contributed by atoms with Gasteiger partial charge in [0.15, 0.2) is 0 Å². The third-order valence-corrected chi connectivity index (χ3v) is 4.87. The van der Waals surface area contributed by atoms with Gasteiger partial charge in [-0.2, -0.15) is 5.26 Å². The van der Waals surface area contributed by atoms with Crippen molar-refractivity contribution in [2.75, 3.05) is 13.1 Å². The predicted octanol–water partition coefficient (Wildman–Crippen LogP) is 2.55. The zero-order chi connectivity index (χ0) is 13.0. The van der Waals surface area contributed by atoms with Crippen LogP contribution < -0.4 is 0 Å². The van der Waals surface area contributed by atoms with E-state index in [4.69, 9.17) is 0 Å². The standard InChI is InChI=1S/C15H26N2O/c1-12(18)13-7-9-17(10-8-13)15-6-4-2-3-5-14(15)11-16/h12-15,18H,2-10H2,1H3. The van der Waals surface area contributed by atoms with Gasteiger partial charge in [-0.05, 0) is 51.6 Å². The van der Waals surface area contributed by atoms with Gasteiger partial charge >= 0.3 is 0 Å². The van der Waals surface area contributed by atoms with Gasteiger partial charge in [-0.25, -0.2) is 0 Å². The molecule has 3 nitrogen and oxygen atoms in total. The van der Waals surface area contributed by atoms with Crippen LogP contribution in [0.15, 0.2) is 0 Å². The van der Waals surface area contributed by atoms with Crippen molar-refractivity contribution in [2.45, 2.75) is 64.0 Å². The second-order valence-corrected chi connectivity index (χ2v) is 6.05. The van der Waals surface area contributed by atoms with E-state index in [1.54, 1.807) is 0 Å². The van der Waals surface area contributed by atoms with Crippen molar-refractivity contribution >= 4 is 0 Å². The number of nitrogens with zero attached hydrogens (tertiary/aromatic N) is 2. The first-order valence-electron chi connectivity index (χ1n) is 7.54. The van der Waals surface area contributed by atoms with Crippen LogP contribution in [0, 0.1) is 23.2 Å². The average molecular weight is 250 g/mol. The van der Waals surface area contributed by atoms with Crippen LogP contribution in [-0.2, 0) is 0 Å². The molecular weight excluding hydrogens is 224 g/mol. The van der Waals surface area contributed by atoms with Gasteiger partial charge in [0.05, 0.1) is 18.1 Å². The maximum atomic E-state index is 9.65. The molecule has 3 atom stereocenters. The molecule has 102 valence electrons. The Bertz CT molecular complexity index is 289. The largest absolute Gasteiger partial charge is 0.393 e. The topological polar surface area (TPSA) is 47.3 Å². The Morgan fingerprint density at radius 3 is 2.39 bits per heavy atom. The molecule has 1 heterocycles. The second kappa shape index (κ2) is 6.54. The molecule has 1 aliphatic heterocycles. The molecule has 3 heteroatoms.